The van der Waals surface area contributed by atoms with Crippen LogP contribution in [0.5, 0.6) is 0 Å². The molecule has 0 radical (unpaired) electrons. The van der Waals surface area contributed by atoms with Crippen molar-refractivity contribution in [2.45, 2.75) is 37.8 Å². The molecule has 0 aliphatic heterocycles. The molecule has 1 saturated carbocycles. The highest BCUT2D eigenvalue weighted by Gasteiger charge is 2.38. The summed E-state index contributed by atoms with van der Waals surface area (Å²) in [6, 6.07) is 4.51. The molecule has 1 aromatic rings. The molecule has 3 heteroatoms. The molecule has 0 aromatic carbocycles. The van der Waals surface area contributed by atoms with E-state index in [1.165, 1.54) is 24.8 Å². The van der Waals surface area contributed by atoms with Crippen molar-refractivity contribution in [3.8, 4) is 0 Å². The van der Waals surface area contributed by atoms with Crippen LogP contribution < -0.4 is 5.32 Å². The molecule has 3 nitrogen and oxygen atoms in total. The van der Waals surface area contributed by atoms with E-state index in [1.54, 1.807) is 0 Å². The SMILES string of the molecule is CC(NCC1(N(C)C)CCC1)c1cccnc1. The van der Waals surface area contributed by atoms with Crippen molar-refractivity contribution in [2.24, 2.45) is 0 Å². The van der Waals surface area contributed by atoms with Crippen molar-refractivity contribution in [1.82, 2.24) is 15.2 Å². The summed E-state index contributed by atoms with van der Waals surface area (Å²) < 4.78 is 0. The van der Waals surface area contributed by atoms with Gasteiger partial charge in [0.2, 0.25) is 0 Å². The van der Waals surface area contributed by atoms with Crippen LogP contribution in [0.25, 0.3) is 0 Å². The molecule has 2 rings (SSSR count). The fourth-order valence-corrected chi connectivity index (χ4v) is 2.46. The Balaban J connectivity index is 1.90. The number of aromatic nitrogens is 1. The maximum Gasteiger partial charge on any atom is 0.0328 e. The van der Waals surface area contributed by atoms with Gasteiger partial charge in [-0.2, -0.15) is 0 Å². The number of nitrogens with zero attached hydrogens (tertiary/aromatic N) is 2. The van der Waals surface area contributed by atoms with E-state index in [0.29, 0.717) is 11.6 Å². The van der Waals surface area contributed by atoms with Crippen LogP contribution in [0.4, 0.5) is 0 Å². The Morgan fingerprint density at radius 3 is 2.71 bits per heavy atom. The average molecular weight is 233 g/mol. The first-order valence-corrected chi connectivity index (χ1v) is 6.45. The van der Waals surface area contributed by atoms with Crippen molar-refractivity contribution >= 4 is 0 Å². The number of nitrogens with one attached hydrogen (secondary N) is 1. The molecule has 0 spiro atoms. The van der Waals surface area contributed by atoms with Crippen molar-refractivity contribution in [1.29, 1.82) is 0 Å². The van der Waals surface area contributed by atoms with Gasteiger partial charge in [0.1, 0.15) is 0 Å². The maximum atomic E-state index is 4.17. The zero-order valence-corrected chi connectivity index (χ0v) is 11.1. The number of rotatable bonds is 5. The number of likely N-dealkylation sites (N-methyl/N-ethyl adjacent to an activating group) is 1. The summed E-state index contributed by atoms with van der Waals surface area (Å²) >= 11 is 0. The summed E-state index contributed by atoms with van der Waals surface area (Å²) in [5.41, 5.74) is 1.65. The molecule has 0 saturated heterocycles. The summed E-state index contributed by atoms with van der Waals surface area (Å²) in [6.07, 6.45) is 7.75. The molecule has 1 atom stereocenters. The highest BCUT2D eigenvalue weighted by atomic mass is 15.2. The molecule has 1 N–H and O–H groups in total. The van der Waals surface area contributed by atoms with Crippen LogP contribution in [0.3, 0.4) is 0 Å². The van der Waals surface area contributed by atoms with E-state index in [0.717, 1.165) is 6.54 Å². The summed E-state index contributed by atoms with van der Waals surface area (Å²) in [4.78, 5) is 6.54. The van der Waals surface area contributed by atoms with Gasteiger partial charge in [-0.25, -0.2) is 0 Å². The molecule has 1 aliphatic rings. The summed E-state index contributed by atoms with van der Waals surface area (Å²) in [7, 11) is 4.38. The van der Waals surface area contributed by atoms with Crippen LogP contribution >= 0.6 is 0 Å². The van der Waals surface area contributed by atoms with Crippen LogP contribution in [0.1, 0.15) is 37.8 Å². The number of pyridine rings is 1. The lowest BCUT2D eigenvalue weighted by Crippen LogP contribution is -2.56. The lowest BCUT2D eigenvalue weighted by atomic mass is 9.75. The topological polar surface area (TPSA) is 28.2 Å². The molecule has 1 fully saturated rings. The van der Waals surface area contributed by atoms with Gasteiger partial charge in [0, 0.05) is 30.5 Å². The van der Waals surface area contributed by atoms with Crippen LogP contribution in [0, 0.1) is 0 Å². The van der Waals surface area contributed by atoms with E-state index >= 15 is 0 Å². The molecule has 1 aliphatic carbocycles. The Morgan fingerprint density at radius 1 is 1.47 bits per heavy atom. The Hall–Kier alpha value is -0.930. The molecule has 1 unspecified atom stereocenters. The van der Waals surface area contributed by atoms with Gasteiger partial charge in [-0.05, 0) is 51.9 Å². The van der Waals surface area contributed by atoms with Gasteiger partial charge in [0.05, 0.1) is 0 Å². The summed E-state index contributed by atoms with van der Waals surface area (Å²) in [6.45, 7) is 3.27. The van der Waals surface area contributed by atoms with E-state index in [1.807, 2.05) is 18.5 Å². The third-order valence-corrected chi connectivity index (χ3v) is 4.15. The second-order valence-electron chi connectivity index (χ2n) is 5.36. The van der Waals surface area contributed by atoms with Gasteiger partial charge in [-0.1, -0.05) is 6.07 Å². The van der Waals surface area contributed by atoms with Crippen LogP contribution in [-0.4, -0.2) is 36.1 Å². The maximum absolute atomic E-state index is 4.17. The summed E-state index contributed by atoms with van der Waals surface area (Å²) in [5.74, 6) is 0. The third-order valence-electron chi connectivity index (χ3n) is 4.15. The number of hydrogen-bond donors (Lipinski definition) is 1. The molecular weight excluding hydrogens is 210 g/mol. The largest absolute Gasteiger partial charge is 0.308 e. The lowest BCUT2D eigenvalue weighted by molar-refractivity contribution is 0.0576. The van der Waals surface area contributed by atoms with Gasteiger partial charge in [0.15, 0.2) is 0 Å². The van der Waals surface area contributed by atoms with Gasteiger partial charge in [-0.3, -0.25) is 4.98 Å². The molecular formula is C14H23N3. The first-order valence-electron chi connectivity index (χ1n) is 6.45. The Kier molecular flexibility index (Phi) is 3.79. The lowest BCUT2D eigenvalue weighted by Gasteiger charge is -2.48. The van der Waals surface area contributed by atoms with E-state index in [-0.39, 0.29) is 0 Å². The van der Waals surface area contributed by atoms with E-state index in [9.17, 15) is 0 Å². The molecule has 0 amide bonds. The zero-order valence-electron chi connectivity index (χ0n) is 11.1. The number of hydrogen-bond acceptors (Lipinski definition) is 3. The molecule has 1 aromatic heterocycles. The first kappa shape index (κ1) is 12.5. The van der Waals surface area contributed by atoms with Crippen LogP contribution in [0.2, 0.25) is 0 Å². The standard InChI is InChI=1S/C14H23N3/c1-12(13-6-4-9-15-10-13)16-11-14(17(2)3)7-5-8-14/h4,6,9-10,12,16H,5,7-8,11H2,1-3H3. The Morgan fingerprint density at radius 2 is 2.24 bits per heavy atom. The smallest absolute Gasteiger partial charge is 0.0328 e. The van der Waals surface area contributed by atoms with Gasteiger partial charge in [-0.15, -0.1) is 0 Å². The second-order valence-corrected chi connectivity index (χ2v) is 5.36. The second kappa shape index (κ2) is 5.15. The van der Waals surface area contributed by atoms with Gasteiger partial charge >= 0.3 is 0 Å². The highest BCUT2D eigenvalue weighted by Crippen LogP contribution is 2.35. The Bertz CT molecular complexity index is 344. The Labute approximate surface area is 104 Å². The van der Waals surface area contributed by atoms with E-state index < -0.39 is 0 Å². The third kappa shape index (κ3) is 2.67. The van der Waals surface area contributed by atoms with Crippen molar-refractivity contribution < 1.29 is 0 Å². The van der Waals surface area contributed by atoms with Gasteiger partial charge < -0.3 is 10.2 Å². The molecule has 0 bridgehead atoms. The minimum absolute atomic E-state index is 0.376. The monoisotopic (exact) mass is 233 g/mol. The highest BCUT2D eigenvalue weighted by molar-refractivity contribution is 5.13. The van der Waals surface area contributed by atoms with Crippen molar-refractivity contribution in [2.75, 3.05) is 20.6 Å². The predicted molar refractivity (Wildman–Crippen MR) is 70.9 cm³/mol. The molecule has 1 heterocycles. The van der Waals surface area contributed by atoms with Crippen LogP contribution in [0.15, 0.2) is 24.5 Å². The first-order chi connectivity index (χ1) is 8.14. The average Bonchev–Trinajstić information content (AvgIpc) is 2.28. The fraction of sp³-hybridized carbons (Fsp3) is 0.643. The minimum atomic E-state index is 0.376. The summed E-state index contributed by atoms with van der Waals surface area (Å²) in [5, 5.41) is 3.64. The van der Waals surface area contributed by atoms with Crippen molar-refractivity contribution in [3.05, 3.63) is 30.1 Å². The van der Waals surface area contributed by atoms with E-state index in [4.69, 9.17) is 0 Å². The fourth-order valence-electron chi connectivity index (χ4n) is 2.46. The normalized spacial score (nSPS) is 20.0. The van der Waals surface area contributed by atoms with Crippen LogP contribution in [-0.2, 0) is 0 Å². The van der Waals surface area contributed by atoms with Gasteiger partial charge in [0.25, 0.3) is 0 Å². The minimum Gasteiger partial charge on any atom is -0.308 e. The molecule has 17 heavy (non-hydrogen) atoms. The quantitative estimate of drug-likeness (QED) is 0.845. The predicted octanol–water partition coefficient (Wildman–Crippen LogP) is 2.22. The van der Waals surface area contributed by atoms with E-state index in [2.05, 4.69) is 42.3 Å². The van der Waals surface area contributed by atoms with Crippen molar-refractivity contribution in [3.63, 3.8) is 0 Å². The molecule has 94 valence electrons. The zero-order chi connectivity index (χ0) is 12.3.